The molecule has 2 aliphatic carbocycles. The number of carbonyl (C=O) groups excluding carboxylic acids is 1. The Morgan fingerprint density at radius 1 is 1.19 bits per heavy atom. The zero-order chi connectivity index (χ0) is 19.8. The van der Waals surface area contributed by atoms with Crippen LogP contribution in [0, 0.1) is 22.7 Å². The quantitative estimate of drug-likeness (QED) is 0.574. The molecule has 0 unspecified atom stereocenters. The van der Waals surface area contributed by atoms with E-state index < -0.39 is 11.9 Å². The van der Waals surface area contributed by atoms with Crippen LogP contribution in [0.3, 0.4) is 0 Å². The lowest BCUT2D eigenvalue weighted by Gasteiger charge is -2.57. The van der Waals surface area contributed by atoms with Crippen LogP contribution in [0.5, 0.6) is 0 Å². The predicted octanol–water partition coefficient (Wildman–Crippen LogP) is 5.34. The first-order valence-electron chi connectivity index (χ1n) is 9.84. The van der Waals surface area contributed by atoms with E-state index in [1.54, 1.807) is 12.1 Å². The summed E-state index contributed by atoms with van der Waals surface area (Å²) >= 11 is 0. The number of hydrogen-bond acceptors (Lipinski definition) is 3. The molecule has 3 atom stereocenters. The van der Waals surface area contributed by atoms with Crippen LogP contribution in [0.25, 0.3) is 0 Å². The fourth-order valence-electron chi connectivity index (χ4n) is 5.67. The average Bonchev–Trinajstić information content (AvgIpc) is 2.60. The number of esters is 1. The number of carboxylic acid groups (broad SMARTS) is 1. The normalized spacial score (nSPS) is 29.7. The maximum Gasteiger partial charge on any atom is 0.339 e. The summed E-state index contributed by atoms with van der Waals surface area (Å²) in [6.45, 7) is 11.6. The minimum atomic E-state index is -1.12. The van der Waals surface area contributed by atoms with Crippen molar-refractivity contribution in [1.82, 2.24) is 0 Å². The number of carbonyl (C=O) groups is 2. The summed E-state index contributed by atoms with van der Waals surface area (Å²) in [5.41, 5.74) is 1.60. The Hall–Kier alpha value is -2.10. The number of fused-ring (bicyclic) bond motifs is 1. The van der Waals surface area contributed by atoms with Gasteiger partial charge in [0.15, 0.2) is 0 Å². The van der Waals surface area contributed by atoms with Crippen LogP contribution in [-0.2, 0) is 4.74 Å². The summed E-state index contributed by atoms with van der Waals surface area (Å²) in [5.74, 6) is -0.983. The molecule has 1 N–H and O–H groups in total. The Morgan fingerprint density at radius 3 is 2.52 bits per heavy atom. The van der Waals surface area contributed by atoms with Crippen LogP contribution >= 0.6 is 0 Å². The summed E-state index contributed by atoms with van der Waals surface area (Å²) in [4.78, 5) is 24.0. The van der Waals surface area contributed by atoms with Gasteiger partial charge < -0.3 is 9.84 Å². The topological polar surface area (TPSA) is 63.6 Å². The number of hydrogen-bond donors (Lipinski definition) is 1. The van der Waals surface area contributed by atoms with E-state index in [-0.39, 0.29) is 34.5 Å². The van der Waals surface area contributed by atoms with Crippen molar-refractivity contribution in [2.24, 2.45) is 22.7 Å². The second-order valence-electron chi connectivity index (χ2n) is 9.10. The third-order valence-electron chi connectivity index (χ3n) is 7.08. The molecular formula is C23H30O4. The Balaban J connectivity index is 1.79. The first-order valence-corrected chi connectivity index (χ1v) is 9.84. The van der Waals surface area contributed by atoms with Crippen molar-refractivity contribution in [2.45, 2.75) is 52.9 Å². The molecule has 146 valence electrons. The summed E-state index contributed by atoms with van der Waals surface area (Å²) in [6.07, 6.45) is 5.65. The van der Waals surface area contributed by atoms with Crippen LogP contribution in [0.4, 0.5) is 0 Å². The maximum atomic E-state index is 12.6. The van der Waals surface area contributed by atoms with E-state index >= 15 is 0 Å². The molecule has 1 aromatic carbocycles. The summed E-state index contributed by atoms with van der Waals surface area (Å²) in [7, 11) is 0. The molecule has 0 aromatic heterocycles. The van der Waals surface area contributed by atoms with E-state index in [1.165, 1.54) is 25.0 Å². The van der Waals surface area contributed by atoms with Gasteiger partial charge in [-0.1, -0.05) is 51.5 Å². The number of carboxylic acids is 1. The van der Waals surface area contributed by atoms with Crippen molar-refractivity contribution >= 4 is 11.9 Å². The highest BCUT2D eigenvalue weighted by Crippen LogP contribution is 2.60. The van der Waals surface area contributed by atoms with Crippen molar-refractivity contribution in [1.29, 1.82) is 0 Å². The lowest BCUT2D eigenvalue weighted by atomic mass is 9.48. The Morgan fingerprint density at radius 2 is 1.85 bits per heavy atom. The zero-order valence-corrected chi connectivity index (χ0v) is 16.6. The van der Waals surface area contributed by atoms with Gasteiger partial charge in [-0.15, -0.1) is 0 Å². The summed E-state index contributed by atoms with van der Waals surface area (Å²) in [6, 6.07) is 6.21. The molecule has 1 aromatic rings. The lowest BCUT2D eigenvalue weighted by Crippen LogP contribution is -2.50. The van der Waals surface area contributed by atoms with E-state index in [1.807, 2.05) is 0 Å². The average molecular weight is 370 g/mol. The van der Waals surface area contributed by atoms with E-state index in [9.17, 15) is 14.7 Å². The molecule has 2 fully saturated rings. The summed E-state index contributed by atoms with van der Waals surface area (Å²) < 4.78 is 5.65. The third-order valence-corrected chi connectivity index (χ3v) is 7.08. The smallest absolute Gasteiger partial charge is 0.339 e. The van der Waals surface area contributed by atoms with Crippen LogP contribution in [0.1, 0.15) is 73.6 Å². The first-order chi connectivity index (χ1) is 12.7. The minimum Gasteiger partial charge on any atom is -0.478 e. The highest BCUT2D eigenvalue weighted by atomic mass is 16.5. The van der Waals surface area contributed by atoms with Crippen molar-refractivity contribution in [2.75, 3.05) is 6.61 Å². The van der Waals surface area contributed by atoms with Gasteiger partial charge in [-0.25, -0.2) is 9.59 Å². The molecule has 0 bridgehead atoms. The van der Waals surface area contributed by atoms with Gasteiger partial charge in [0.25, 0.3) is 0 Å². The molecule has 0 saturated heterocycles. The van der Waals surface area contributed by atoms with Gasteiger partial charge in [0.1, 0.15) is 0 Å². The van der Waals surface area contributed by atoms with E-state index in [0.29, 0.717) is 5.92 Å². The van der Waals surface area contributed by atoms with Crippen LogP contribution in [0.15, 0.2) is 36.4 Å². The molecule has 4 nitrogen and oxygen atoms in total. The second kappa shape index (κ2) is 7.14. The maximum absolute atomic E-state index is 12.6. The van der Waals surface area contributed by atoms with Gasteiger partial charge in [-0.3, -0.25) is 0 Å². The highest BCUT2D eigenvalue weighted by molar-refractivity contribution is 6.02. The SMILES string of the molecule is C=C1CC[C@H]2C(C)(C)CCC[C@]2(C)[C@H]1COC(=O)c1ccccc1C(=O)O. The van der Waals surface area contributed by atoms with Gasteiger partial charge in [0, 0.05) is 5.92 Å². The summed E-state index contributed by atoms with van der Waals surface area (Å²) in [5, 5.41) is 9.30. The fraction of sp³-hybridized carbons (Fsp3) is 0.565. The van der Waals surface area contributed by atoms with Gasteiger partial charge >= 0.3 is 11.9 Å². The first kappa shape index (κ1) is 19.7. The largest absolute Gasteiger partial charge is 0.478 e. The molecule has 2 aliphatic rings. The van der Waals surface area contributed by atoms with Gasteiger partial charge in [0.2, 0.25) is 0 Å². The minimum absolute atomic E-state index is 0.0205. The molecule has 0 amide bonds. The van der Waals surface area contributed by atoms with Crippen molar-refractivity contribution in [3.63, 3.8) is 0 Å². The van der Waals surface area contributed by atoms with E-state index in [2.05, 4.69) is 27.4 Å². The monoisotopic (exact) mass is 370 g/mol. The van der Waals surface area contributed by atoms with Gasteiger partial charge in [-0.05, 0) is 54.6 Å². The Labute approximate surface area is 161 Å². The van der Waals surface area contributed by atoms with Crippen molar-refractivity contribution < 1.29 is 19.4 Å². The molecular weight excluding hydrogens is 340 g/mol. The zero-order valence-electron chi connectivity index (χ0n) is 16.6. The number of ether oxygens (including phenoxy) is 1. The molecule has 0 heterocycles. The molecule has 0 radical (unpaired) electrons. The van der Waals surface area contributed by atoms with Gasteiger partial charge in [-0.2, -0.15) is 0 Å². The predicted molar refractivity (Wildman–Crippen MR) is 105 cm³/mol. The van der Waals surface area contributed by atoms with Crippen molar-refractivity contribution in [3.8, 4) is 0 Å². The van der Waals surface area contributed by atoms with Crippen molar-refractivity contribution in [3.05, 3.63) is 47.5 Å². The molecule has 2 saturated carbocycles. The molecule has 0 spiro atoms. The number of aromatic carboxylic acids is 1. The Bertz CT molecular complexity index is 763. The number of benzene rings is 1. The second-order valence-corrected chi connectivity index (χ2v) is 9.10. The number of rotatable bonds is 4. The molecule has 0 aliphatic heterocycles. The fourth-order valence-corrected chi connectivity index (χ4v) is 5.67. The van der Waals surface area contributed by atoms with E-state index in [0.717, 1.165) is 24.8 Å². The molecule has 27 heavy (non-hydrogen) atoms. The van der Waals surface area contributed by atoms with Crippen LogP contribution in [-0.4, -0.2) is 23.7 Å². The lowest BCUT2D eigenvalue weighted by molar-refractivity contribution is -0.0683. The van der Waals surface area contributed by atoms with E-state index in [4.69, 9.17) is 4.74 Å². The van der Waals surface area contributed by atoms with Crippen LogP contribution < -0.4 is 0 Å². The van der Waals surface area contributed by atoms with Gasteiger partial charge in [0.05, 0.1) is 17.7 Å². The Kier molecular flexibility index (Phi) is 5.20. The highest BCUT2D eigenvalue weighted by Gasteiger charge is 2.53. The molecule has 4 heteroatoms. The van der Waals surface area contributed by atoms with Crippen LogP contribution in [0.2, 0.25) is 0 Å². The third kappa shape index (κ3) is 3.54. The standard InChI is InChI=1S/C23H30O4/c1-15-10-11-19-22(2,3)12-7-13-23(19,4)18(15)14-27-21(26)17-9-6-5-8-16(17)20(24)25/h5-6,8-9,18-19H,1,7,10-14H2,2-4H3,(H,24,25)/t18-,19-,23+/m0/s1. The molecule has 3 rings (SSSR count).